The molecule has 0 aliphatic heterocycles. The van der Waals surface area contributed by atoms with Gasteiger partial charge in [0.15, 0.2) is 8.32 Å². The second-order valence-electron chi connectivity index (χ2n) is 9.42. The lowest BCUT2D eigenvalue weighted by Crippen LogP contribution is -2.50. The van der Waals surface area contributed by atoms with Crippen LogP contribution in [0.25, 0.3) is 0 Å². The lowest BCUT2D eigenvalue weighted by Gasteiger charge is -2.48. The maximum Gasteiger partial charge on any atom is 0.192 e. The van der Waals surface area contributed by atoms with E-state index in [1.54, 1.807) is 0 Å². The van der Waals surface area contributed by atoms with Crippen LogP contribution in [0.1, 0.15) is 60.8 Å². The van der Waals surface area contributed by atoms with Gasteiger partial charge in [-0.3, -0.25) is 0 Å². The highest BCUT2D eigenvalue weighted by molar-refractivity contribution is 6.74. The summed E-state index contributed by atoms with van der Waals surface area (Å²) in [6.45, 7) is 19.3. The first-order valence-electron chi connectivity index (χ1n) is 8.70. The average Bonchev–Trinajstić information content (AvgIpc) is 2.63. The van der Waals surface area contributed by atoms with E-state index in [0.29, 0.717) is 11.1 Å². The first-order chi connectivity index (χ1) is 9.03. The molecule has 6 atom stereocenters. The van der Waals surface area contributed by atoms with Crippen molar-refractivity contribution in [2.24, 2.45) is 29.6 Å². The number of fused-ring (bicyclic) bond motifs is 1. The van der Waals surface area contributed by atoms with E-state index >= 15 is 0 Å². The molecule has 0 amide bonds. The second-order valence-corrected chi connectivity index (χ2v) is 14.2. The average molecular weight is 297 g/mol. The van der Waals surface area contributed by atoms with E-state index in [1.165, 1.54) is 19.3 Å². The minimum Gasteiger partial charge on any atom is -0.413 e. The Kier molecular flexibility index (Phi) is 4.49. The second kappa shape index (κ2) is 5.42. The summed E-state index contributed by atoms with van der Waals surface area (Å²) >= 11 is 0. The van der Waals surface area contributed by atoms with Gasteiger partial charge in [0.25, 0.3) is 0 Å². The molecule has 118 valence electrons. The maximum atomic E-state index is 6.85. The zero-order valence-electron chi connectivity index (χ0n) is 15.0. The van der Waals surface area contributed by atoms with E-state index in [1.807, 2.05) is 0 Å². The number of rotatable bonds is 2. The lowest BCUT2D eigenvalue weighted by atomic mass is 9.69. The normalized spacial score (nSPS) is 42.6. The smallest absolute Gasteiger partial charge is 0.192 e. The fourth-order valence-electron chi connectivity index (χ4n) is 4.47. The highest BCUT2D eigenvalue weighted by Gasteiger charge is 2.48. The fraction of sp³-hybridized carbons (Fsp3) is 1.00. The molecule has 2 fully saturated rings. The third-order valence-corrected chi connectivity index (χ3v) is 11.1. The topological polar surface area (TPSA) is 9.23 Å². The summed E-state index contributed by atoms with van der Waals surface area (Å²) < 4.78 is 6.85. The molecule has 0 N–H and O–H groups in total. The Bertz CT molecular complexity index is 344. The third-order valence-electron chi connectivity index (χ3n) is 6.65. The van der Waals surface area contributed by atoms with E-state index in [-0.39, 0.29) is 0 Å². The molecule has 0 spiro atoms. The minimum atomic E-state index is -1.64. The molecule has 1 nitrogen and oxygen atoms in total. The molecule has 0 aromatic carbocycles. The Morgan fingerprint density at radius 1 is 0.950 bits per heavy atom. The van der Waals surface area contributed by atoms with Crippen molar-refractivity contribution in [3.63, 3.8) is 0 Å². The summed E-state index contributed by atoms with van der Waals surface area (Å²) in [6, 6.07) is 0. The zero-order valence-corrected chi connectivity index (χ0v) is 16.0. The van der Waals surface area contributed by atoms with Crippen molar-refractivity contribution in [3.05, 3.63) is 0 Å². The molecule has 2 aliphatic rings. The van der Waals surface area contributed by atoms with Gasteiger partial charge in [-0.15, -0.1) is 0 Å². The first-order valence-corrected chi connectivity index (χ1v) is 11.6. The van der Waals surface area contributed by atoms with Crippen LogP contribution < -0.4 is 0 Å². The van der Waals surface area contributed by atoms with Crippen molar-refractivity contribution in [2.75, 3.05) is 0 Å². The molecule has 0 aromatic rings. The van der Waals surface area contributed by atoms with Crippen molar-refractivity contribution < 1.29 is 4.43 Å². The Hall–Kier alpha value is 0.177. The Morgan fingerprint density at radius 2 is 1.55 bits per heavy atom. The first kappa shape index (κ1) is 16.5. The van der Waals surface area contributed by atoms with Crippen LogP contribution in [-0.4, -0.2) is 14.4 Å². The van der Waals surface area contributed by atoms with Crippen LogP contribution in [0.2, 0.25) is 18.1 Å². The van der Waals surface area contributed by atoms with Gasteiger partial charge >= 0.3 is 0 Å². The van der Waals surface area contributed by atoms with Gasteiger partial charge in [-0.1, -0.05) is 41.5 Å². The molecule has 0 saturated heterocycles. The molecule has 2 saturated carbocycles. The molecule has 2 rings (SSSR count). The van der Waals surface area contributed by atoms with Crippen LogP contribution in [-0.2, 0) is 4.43 Å². The Balaban J connectivity index is 2.12. The molecule has 2 aliphatic carbocycles. The molecule has 0 bridgehead atoms. The van der Waals surface area contributed by atoms with Crippen LogP contribution in [0.15, 0.2) is 0 Å². The van der Waals surface area contributed by atoms with Gasteiger partial charge in [-0.2, -0.15) is 0 Å². The van der Waals surface area contributed by atoms with Gasteiger partial charge in [0.05, 0.1) is 6.10 Å². The number of hydrogen-bond donors (Lipinski definition) is 0. The predicted molar refractivity (Wildman–Crippen MR) is 90.4 cm³/mol. The van der Waals surface area contributed by atoms with Crippen LogP contribution >= 0.6 is 0 Å². The highest BCUT2D eigenvalue weighted by atomic mass is 28.4. The molecule has 0 aromatic heterocycles. The summed E-state index contributed by atoms with van der Waals surface area (Å²) in [4.78, 5) is 0. The Labute approximate surface area is 128 Å². The van der Waals surface area contributed by atoms with E-state index < -0.39 is 8.32 Å². The summed E-state index contributed by atoms with van der Waals surface area (Å²) in [5.41, 5.74) is 0. The van der Waals surface area contributed by atoms with Gasteiger partial charge in [0.1, 0.15) is 0 Å². The minimum absolute atomic E-state index is 0.326. The summed E-state index contributed by atoms with van der Waals surface area (Å²) in [5.74, 6) is 4.34. The van der Waals surface area contributed by atoms with Gasteiger partial charge < -0.3 is 4.43 Å². The van der Waals surface area contributed by atoms with E-state index in [9.17, 15) is 0 Å². The van der Waals surface area contributed by atoms with E-state index in [4.69, 9.17) is 4.43 Å². The molecule has 0 heterocycles. The highest BCUT2D eigenvalue weighted by Crippen LogP contribution is 2.51. The lowest BCUT2D eigenvalue weighted by molar-refractivity contribution is -0.00976. The molecule has 0 radical (unpaired) electrons. The van der Waals surface area contributed by atoms with Crippen molar-refractivity contribution >= 4 is 8.32 Å². The van der Waals surface area contributed by atoms with Crippen molar-refractivity contribution in [1.82, 2.24) is 0 Å². The SMILES string of the molecule is CC1CC2CC(C)C(O[Si](C)(C)C(C)(C)C)C(C)C2C1. The molecule has 20 heavy (non-hydrogen) atoms. The summed E-state index contributed by atoms with van der Waals surface area (Å²) in [6.07, 6.45) is 4.81. The summed E-state index contributed by atoms with van der Waals surface area (Å²) in [7, 11) is -1.64. The Morgan fingerprint density at radius 3 is 2.10 bits per heavy atom. The third kappa shape index (κ3) is 3.01. The van der Waals surface area contributed by atoms with Crippen LogP contribution in [0, 0.1) is 29.6 Å². The van der Waals surface area contributed by atoms with Gasteiger partial charge in [-0.25, -0.2) is 0 Å². The molecular weight excluding hydrogens is 260 g/mol. The predicted octanol–water partition coefficient (Wildman–Crippen LogP) is 5.72. The molecule has 6 unspecified atom stereocenters. The van der Waals surface area contributed by atoms with Crippen molar-refractivity contribution in [2.45, 2.75) is 85.0 Å². The maximum absolute atomic E-state index is 6.85. The van der Waals surface area contributed by atoms with E-state index in [0.717, 1.165) is 29.6 Å². The van der Waals surface area contributed by atoms with Crippen LogP contribution in [0.4, 0.5) is 0 Å². The van der Waals surface area contributed by atoms with Crippen LogP contribution in [0.3, 0.4) is 0 Å². The standard InChI is InChI=1S/C18H36OSi/c1-12-9-15-11-13(2)17(14(3)16(15)10-12)19-20(7,8)18(4,5)6/h12-17H,9-11H2,1-8H3. The van der Waals surface area contributed by atoms with E-state index in [2.05, 4.69) is 54.6 Å². The monoisotopic (exact) mass is 296 g/mol. The molecule has 2 heteroatoms. The van der Waals surface area contributed by atoms with Crippen LogP contribution in [0.5, 0.6) is 0 Å². The fourth-order valence-corrected chi connectivity index (χ4v) is 5.95. The van der Waals surface area contributed by atoms with Crippen molar-refractivity contribution in [3.8, 4) is 0 Å². The van der Waals surface area contributed by atoms with Gasteiger partial charge in [-0.05, 0) is 67.0 Å². The largest absolute Gasteiger partial charge is 0.413 e. The summed E-state index contributed by atoms with van der Waals surface area (Å²) in [5, 5.41) is 0.326. The van der Waals surface area contributed by atoms with Gasteiger partial charge in [0, 0.05) is 0 Å². The number of hydrogen-bond acceptors (Lipinski definition) is 1. The zero-order chi connectivity index (χ0) is 15.3. The molecular formula is C18H36OSi. The quantitative estimate of drug-likeness (QED) is 0.593. The van der Waals surface area contributed by atoms with Crippen molar-refractivity contribution in [1.29, 1.82) is 0 Å². The van der Waals surface area contributed by atoms with Gasteiger partial charge in [0.2, 0.25) is 0 Å².